The van der Waals surface area contributed by atoms with Crippen LogP contribution in [0.3, 0.4) is 0 Å². The number of rotatable bonds is 4. The summed E-state index contributed by atoms with van der Waals surface area (Å²) in [6.07, 6.45) is 1.17. The van der Waals surface area contributed by atoms with Crippen LogP contribution < -0.4 is 4.74 Å². The minimum atomic E-state index is -0.644. The van der Waals surface area contributed by atoms with Gasteiger partial charge in [-0.3, -0.25) is 0 Å². The van der Waals surface area contributed by atoms with Gasteiger partial charge >= 0.3 is 6.16 Å². The van der Waals surface area contributed by atoms with Gasteiger partial charge in [0.1, 0.15) is 5.75 Å². The number of carbonyl (C=O) groups excluding carboxylic acids is 1. The third-order valence-corrected chi connectivity index (χ3v) is 3.63. The molecular formula is C19H18O3. The molecule has 3 nitrogen and oxygen atoms in total. The fourth-order valence-corrected chi connectivity index (χ4v) is 2.49. The van der Waals surface area contributed by atoms with E-state index >= 15 is 0 Å². The van der Waals surface area contributed by atoms with E-state index in [2.05, 4.69) is 6.07 Å². The lowest BCUT2D eigenvalue weighted by Crippen LogP contribution is -2.11. The summed E-state index contributed by atoms with van der Waals surface area (Å²) in [4.78, 5) is 11.9. The van der Waals surface area contributed by atoms with Crippen LogP contribution in [0.15, 0.2) is 54.6 Å². The van der Waals surface area contributed by atoms with Crippen LogP contribution >= 0.6 is 0 Å². The predicted octanol–water partition coefficient (Wildman–Crippen LogP) is 5.31. The van der Waals surface area contributed by atoms with Crippen molar-refractivity contribution in [3.63, 3.8) is 0 Å². The topological polar surface area (TPSA) is 35.5 Å². The van der Waals surface area contributed by atoms with E-state index in [-0.39, 0.29) is 0 Å². The fourth-order valence-electron chi connectivity index (χ4n) is 2.49. The fraction of sp³-hybridized carbons (Fsp3) is 0.211. The Hall–Kier alpha value is -2.55. The number of unbranched alkanes of at least 4 members (excludes halogenated alkanes) is 1. The molecule has 0 aliphatic carbocycles. The van der Waals surface area contributed by atoms with Crippen LogP contribution in [-0.4, -0.2) is 12.8 Å². The molecule has 22 heavy (non-hydrogen) atoms. The minimum Gasteiger partial charge on any atom is -0.434 e. The average Bonchev–Trinajstić information content (AvgIpc) is 2.55. The van der Waals surface area contributed by atoms with Crippen LogP contribution in [-0.2, 0) is 4.74 Å². The van der Waals surface area contributed by atoms with Crippen molar-refractivity contribution in [3.05, 3.63) is 54.6 Å². The number of ether oxygens (including phenoxy) is 2. The molecule has 0 unspecified atom stereocenters. The third kappa shape index (κ3) is 2.89. The number of hydrogen-bond acceptors (Lipinski definition) is 3. The Morgan fingerprint density at radius 2 is 1.55 bits per heavy atom. The van der Waals surface area contributed by atoms with Gasteiger partial charge in [-0.2, -0.15) is 0 Å². The zero-order valence-corrected chi connectivity index (χ0v) is 12.5. The summed E-state index contributed by atoms with van der Waals surface area (Å²) in [6.45, 7) is 2.44. The highest BCUT2D eigenvalue weighted by Gasteiger charge is 2.13. The van der Waals surface area contributed by atoms with Crippen molar-refractivity contribution in [3.8, 4) is 5.75 Å². The molecule has 3 heteroatoms. The first kappa shape index (κ1) is 14.4. The molecule has 0 aromatic heterocycles. The second-order valence-corrected chi connectivity index (χ2v) is 5.20. The molecule has 0 bridgehead atoms. The van der Waals surface area contributed by atoms with Crippen LogP contribution in [0.5, 0.6) is 5.75 Å². The molecule has 3 aromatic carbocycles. The molecule has 0 amide bonds. The normalized spacial score (nSPS) is 10.8. The number of carbonyl (C=O) groups is 1. The lowest BCUT2D eigenvalue weighted by molar-refractivity contribution is 0.0988. The van der Waals surface area contributed by atoms with E-state index in [1.54, 1.807) is 0 Å². The maximum Gasteiger partial charge on any atom is 0.513 e. The molecule has 0 atom stereocenters. The zero-order valence-electron chi connectivity index (χ0n) is 12.5. The molecule has 0 N–H and O–H groups in total. The molecule has 0 saturated heterocycles. The smallest absolute Gasteiger partial charge is 0.434 e. The summed E-state index contributed by atoms with van der Waals surface area (Å²) < 4.78 is 10.6. The Kier molecular flexibility index (Phi) is 4.24. The second kappa shape index (κ2) is 6.48. The van der Waals surface area contributed by atoms with E-state index in [1.807, 2.05) is 55.5 Å². The van der Waals surface area contributed by atoms with Crippen molar-refractivity contribution in [1.82, 2.24) is 0 Å². The first-order chi connectivity index (χ1) is 10.8. The van der Waals surface area contributed by atoms with Crippen LogP contribution in [0, 0.1) is 0 Å². The molecule has 0 radical (unpaired) electrons. The lowest BCUT2D eigenvalue weighted by atomic mass is 10.0. The molecule has 3 aromatic rings. The summed E-state index contributed by atoms with van der Waals surface area (Å²) in [5.74, 6) is 0.565. The van der Waals surface area contributed by atoms with Gasteiger partial charge < -0.3 is 9.47 Å². The molecule has 112 valence electrons. The molecule has 0 saturated carbocycles. The Bertz CT molecular complexity index is 754. The third-order valence-electron chi connectivity index (χ3n) is 3.63. The Labute approximate surface area is 129 Å². The van der Waals surface area contributed by atoms with Gasteiger partial charge in [0.15, 0.2) is 0 Å². The van der Waals surface area contributed by atoms with E-state index in [0.29, 0.717) is 12.4 Å². The van der Waals surface area contributed by atoms with E-state index in [9.17, 15) is 4.79 Å². The molecule has 0 spiro atoms. The minimum absolute atomic E-state index is 0.387. The van der Waals surface area contributed by atoms with E-state index in [0.717, 1.165) is 34.4 Å². The lowest BCUT2D eigenvalue weighted by Gasteiger charge is -2.11. The van der Waals surface area contributed by atoms with Crippen LogP contribution in [0.1, 0.15) is 19.8 Å². The van der Waals surface area contributed by atoms with Crippen molar-refractivity contribution in [2.75, 3.05) is 6.61 Å². The van der Waals surface area contributed by atoms with Crippen LogP contribution in [0.25, 0.3) is 21.5 Å². The van der Waals surface area contributed by atoms with Gasteiger partial charge in [-0.15, -0.1) is 0 Å². The SMILES string of the molecule is CCCCOC(=O)Oc1c2ccccc2cc2ccccc12. The van der Waals surface area contributed by atoms with Crippen molar-refractivity contribution >= 4 is 27.7 Å². The van der Waals surface area contributed by atoms with Crippen molar-refractivity contribution in [2.45, 2.75) is 19.8 Å². The van der Waals surface area contributed by atoms with Gasteiger partial charge in [-0.25, -0.2) is 4.79 Å². The highest BCUT2D eigenvalue weighted by molar-refractivity contribution is 6.06. The van der Waals surface area contributed by atoms with E-state index in [4.69, 9.17) is 9.47 Å². The van der Waals surface area contributed by atoms with E-state index in [1.165, 1.54) is 0 Å². The molecule has 3 rings (SSSR count). The Balaban J connectivity index is 2.02. The van der Waals surface area contributed by atoms with E-state index < -0.39 is 6.16 Å². The second-order valence-electron chi connectivity index (χ2n) is 5.20. The van der Waals surface area contributed by atoms with Crippen LogP contribution in [0.4, 0.5) is 4.79 Å². The molecule has 0 heterocycles. The van der Waals surface area contributed by atoms with Crippen LogP contribution in [0.2, 0.25) is 0 Å². The van der Waals surface area contributed by atoms with Crippen molar-refractivity contribution in [2.24, 2.45) is 0 Å². The van der Waals surface area contributed by atoms with Gasteiger partial charge in [0.25, 0.3) is 0 Å². The molecule has 0 aliphatic rings. The quantitative estimate of drug-likeness (QED) is 0.283. The Morgan fingerprint density at radius 3 is 2.14 bits per heavy atom. The molecule has 0 fully saturated rings. The van der Waals surface area contributed by atoms with Gasteiger partial charge in [-0.05, 0) is 23.3 Å². The maximum atomic E-state index is 11.9. The average molecular weight is 294 g/mol. The van der Waals surface area contributed by atoms with Crippen molar-refractivity contribution < 1.29 is 14.3 Å². The monoisotopic (exact) mass is 294 g/mol. The number of hydrogen-bond donors (Lipinski definition) is 0. The standard InChI is InChI=1S/C19H18O3/c1-2-3-12-21-19(20)22-18-16-10-6-4-8-14(16)13-15-9-5-7-11-17(15)18/h4-11,13H,2-3,12H2,1H3. The Morgan fingerprint density at radius 1 is 0.955 bits per heavy atom. The molecule has 0 aliphatic heterocycles. The highest BCUT2D eigenvalue weighted by Crippen LogP contribution is 2.34. The molecular weight excluding hydrogens is 276 g/mol. The summed E-state index contributed by atoms with van der Waals surface area (Å²) in [6, 6.07) is 17.8. The summed E-state index contributed by atoms with van der Waals surface area (Å²) in [7, 11) is 0. The maximum absolute atomic E-state index is 11.9. The van der Waals surface area contributed by atoms with Gasteiger partial charge in [0.05, 0.1) is 6.61 Å². The first-order valence-electron chi connectivity index (χ1n) is 7.54. The summed E-state index contributed by atoms with van der Waals surface area (Å²) >= 11 is 0. The summed E-state index contributed by atoms with van der Waals surface area (Å²) in [5.41, 5.74) is 0. The van der Waals surface area contributed by atoms with Crippen molar-refractivity contribution in [1.29, 1.82) is 0 Å². The van der Waals surface area contributed by atoms with Gasteiger partial charge in [0, 0.05) is 10.8 Å². The zero-order chi connectivity index (χ0) is 15.4. The predicted molar refractivity (Wildman–Crippen MR) is 88.3 cm³/mol. The number of benzene rings is 3. The first-order valence-corrected chi connectivity index (χ1v) is 7.54. The highest BCUT2D eigenvalue weighted by atomic mass is 16.7. The largest absolute Gasteiger partial charge is 0.513 e. The van der Waals surface area contributed by atoms with Gasteiger partial charge in [0.2, 0.25) is 0 Å². The van der Waals surface area contributed by atoms with Gasteiger partial charge in [-0.1, -0.05) is 61.9 Å². The number of fused-ring (bicyclic) bond motifs is 2. The summed E-state index contributed by atoms with van der Waals surface area (Å²) in [5, 5.41) is 3.90.